The van der Waals surface area contributed by atoms with E-state index < -0.39 is 24.9 Å². The molecule has 0 aliphatic carbocycles. The van der Waals surface area contributed by atoms with Crippen molar-refractivity contribution in [1.29, 1.82) is 0 Å². The van der Waals surface area contributed by atoms with E-state index in [1.807, 2.05) is 0 Å². The highest BCUT2D eigenvalue weighted by Gasteiger charge is 2.13. The van der Waals surface area contributed by atoms with Gasteiger partial charge >= 0.3 is 0 Å². The van der Waals surface area contributed by atoms with Gasteiger partial charge in [-0.2, -0.15) is 0 Å². The lowest BCUT2D eigenvalue weighted by Crippen LogP contribution is -2.12. The molecule has 0 bridgehead atoms. The Labute approximate surface area is 92.2 Å². The summed E-state index contributed by atoms with van der Waals surface area (Å²) < 4.78 is 42.2. The highest BCUT2D eigenvalue weighted by molar-refractivity contribution is 5.39. The number of aryl methyl sites for hydroxylation is 1. The van der Waals surface area contributed by atoms with Gasteiger partial charge < -0.3 is 10.5 Å². The van der Waals surface area contributed by atoms with Gasteiger partial charge in [-0.3, -0.25) is 0 Å². The molecule has 2 nitrogen and oxygen atoms in total. The van der Waals surface area contributed by atoms with Gasteiger partial charge in [-0.15, -0.1) is 0 Å². The quantitative estimate of drug-likeness (QED) is 0.867. The first-order valence-electron chi connectivity index (χ1n) is 4.88. The van der Waals surface area contributed by atoms with E-state index in [-0.39, 0.29) is 5.75 Å². The highest BCUT2D eigenvalue weighted by atomic mass is 19.3. The van der Waals surface area contributed by atoms with Gasteiger partial charge in [-0.05, 0) is 31.5 Å². The molecule has 1 unspecified atom stereocenters. The standard InChI is InChI=1S/C11H14F3NO/c1-6-3-10(16-5-11(13)14)8(7(2)15)4-9(6)12/h3-4,7,11H,5,15H2,1-2H3. The van der Waals surface area contributed by atoms with Crippen molar-refractivity contribution in [3.8, 4) is 5.75 Å². The molecule has 90 valence electrons. The second-order valence-electron chi connectivity index (χ2n) is 3.63. The van der Waals surface area contributed by atoms with Crippen molar-refractivity contribution in [2.75, 3.05) is 6.61 Å². The van der Waals surface area contributed by atoms with Crippen molar-refractivity contribution in [3.05, 3.63) is 29.1 Å². The highest BCUT2D eigenvalue weighted by Crippen LogP contribution is 2.27. The molecule has 1 aromatic rings. The third kappa shape index (κ3) is 3.13. The molecular formula is C11H14F3NO. The van der Waals surface area contributed by atoms with Crippen LogP contribution in [0.3, 0.4) is 0 Å². The Morgan fingerprint density at radius 1 is 1.38 bits per heavy atom. The lowest BCUT2D eigenvalue weighted by Gasteiger charge is -2.15. The zero-order chi connectivity index (χ0) is 12.3. The molecule has 0 spiro atoms. The number of alkyl halides is 2. The first-order chi connectivity index (χ1) is 7.41. The first-order valence-corrected chi connectivity index (χ1v) is 4.88. The van der Waals surface area contributed by atoms with Crippen LogP contribution in [-0.2, 0) is 0 Å². The zero-order valence-corrected chi connectivity index (χ0v) is 9.14. The molecule has 1 atom stereocenters. The van der Waals surface area contributed by atoms with Crippen LogP contribution in [0, 0.1) is 12.7 Å². The van der Waals surface area contributed by atoms with E-state index in [4.69, 9.17) is 10.5 Å². The van der Waals surface area contributed by atoms with Gasteiger partial charge in [0.2, 0.25) is 0 Å². The predicted octanol–water partition coefficient (Wildman–Crippen LogP) is 2.80. The molecule has 0 aliphatic heterocycles. The van der Waals surface area contributed by atoms with Gasteiger partial charge in [-0.1, -0.05) is 0 Å². The predicted molar refractivity (Wildman–Crippen MR) is 55.2 cm³/mol. The van der Waals surface area contributed by atoms with Gasteiger partial charge in [0.1, 0.15) is 18.2 Å². The van der Waals surface area contributed by atoms with Crippen molar-refractivity contribution in [1.82, 2.24) is 0 Å². The van der Waals surface area contributed by atoms with Crippen molar-refractivity contribution in [2.45, 2.75) is 26.3 Å². The maximum atomic E-state index is 13.3. The molecular weight excluding hydrogens is 219 g/mol. The molecule has 0 saturated heterocycles. The van der Waals surface area contributed by atoms with Crippen LogP contribution in [0.5, 0.6) is 5.75 Å². The number of halogens is 3. The Kier molecular flexibility index (Phi) is 4.18. The maximum absolute atomic E-state index is 13.3. The minimum Gasteiger partial charge on any atom is -0.487 e. The average Bonchev–Trinajstić information content (AvgIpc) is 2.18. The fourth-order valence-corrected chi connectivity index (χ4v) is 1.30. The molecule has 1 aromatic carbocycles. The molecule has 0 heterocycles. The number of hydrogen-bond acceptors (Lipinski definition) is 2. The van der Waals surface area contributed by atoms with E-state index in [1.54, 1.807) is 6.92 Å². The Balaban J connectivity index is 3.00. The SMILES string of the molecule is Cc1cc(OCC(F)F)c(C(C)N)cc1F. The van der Waals surface area contributed by atoms with Crippen molar-refractivity contribution < 1.29 is 17.9 Å². The Bertz CT molecular complexity index is 366. The third-order valence-corrected chi connectivity index (χ3v) is 2.15. The van der Waals surface area contributed by atoms with Crippen LogP contribution in [0.25, 0.3) is 0 Å². The van der Waals surface area contributed by atoms with E-state index in [9.17, 15) is 13.2 Å². The minimum absolute atomic E-state index is 0.217. The first kappa shape index (κ1) is 12.8. The van der Waals surface area contributed by atoms with Crippen LogP contribution in [-0.4, -0.2) is 13.0 Å². The summed E-state index contributed by atoms with van der Waals surface area (Å²) in [6, 6.07) is 2.14. The summed E-state index contributed by atoms with van der Waals surface area (Å²) in [5.41, 5.74) is 6.34. The molecule has 0 aromatic heterocycles. The second kappa shape index (κ2) is 5.21. The van der Waals surface area contributed by atoms with Crippen LogP contribution < -0.4 is 10.5 Å². The second-order valence-corrected chi connectivity index (χ2v) is 3.63. The summed E-state index contributed by atoms with van der Waals surface area (Å²) in [6.07, 6.45) is -2.56. The summed E-state index contributed by atoms with van der Waals surface area (Å²) in [7, 11) is 0. The summed E-state index contributed by atoms with van der Waals surface area (Å²) in [5, 5.41) is 0. The molecule has 0 fully saturated rings. The molecule has 16 heavy (non-hydrogen) atoms. The third-order valence-electron chi connectivity index (χ3n) is 2.15. The summed E-state index contributed by atoms with van der Waals surface area (Å²) in [4.78, 5) is 0. The smallest absolute Gasteiger partial charge is 0.272 e. The molecule has 0 aliphatic rings. The van der Waals surface area contributed by atoms with Gasteiger partial charge in [0.25, 0.3) is 6.43 Å². The zero-order valence-electron chi connectivity index (χ0n) is 9.14. The normalized spacial score (nSPS) is 12.9. The Hall–Kier alpha value is -1.23. The lowest BCUT2D eigenvalue weighted by atomic mass is 10.1. The van der Waals surface area contributed by atoms with Gasteiger partial charge in [0.05, 0.1) is 0 Å². The topological polar surface area (TPSA) is 35.2 Å². The van der Waals surface area contributed by atoms with Crippen LogP contribution in [0.15, 0.2) is 12.1 Å². The Morgan fingerprint density at radius 2 is 2.00 bits per heavy atom. The molecule has 1 rings (SSSR count). The fraction of sp³-hybridized carbons (Fsp3) is 0.455. The van der Waals surface area contributed by atoms with Gasteiger partial charge in [-0.25, -0.2) is 13.2 Å². The molecule has 0 radical (unpaired) electrons. The molecule has 2 N–H and O–H groups in total. The van der Waals surface area contributed by atoms with Crippen molar-refractivity contribution in [2.24, 2.45) is 5.73 Å². The van der Waals surface area contributed by atoms with Gasteiger partial charge in [0, 0.05) is 11.6 Å². The molecule has 0 saturated carbocycles. The van der Waals surface area contributed by atoms with E-state index >= 15 is 0 Å². The van der Waals surface area contributed by atoms with Crippen molar-refractivity contribution in [3.63, 3.8) is 0 Å². The number of nitrogens with two attached hydrogens (primary N) is 1. The fourth-order valence-electron chi connectivity index (χ4n) is 1.30. The maximum Gasteiger partial charge on any atom is 0.272 e. The number of rotatable bonds is 4. The number of hydrogen-bond donors (Lipinski definition) is 1. The van der Waals surface area contributed by atoms with E-state index in [0.29, 0.717) is 11.1 Å². The van der Waals surface area contributed by atoms with Gasteiger partial charge in [0.15, 0.2) is 0 Å². The number of ether oxygens (including phenoxy) is 1. The molecule has 0 amide bonds. The largest absolute Gasteiger partial charge is 0.487 e. The number of benzene rings is 1. The van der Waals surface area contributed by atoms with Crippen molar-refractivity contribution >= 4 is 0 Å². The van der Waals surface area contributed by atoms with Crippen LogP contribution in [0.1, 0.15) is 24.1 Å². The van der Waals surface area contributed by atoms with Crippen LogP contribution in [0.4, 0.5) is 13.2 Å². The monoisotopic (exact) mass is 233 g/mol. The summed E-state index contributed by atoms with van der Waals surface area (Å²) in [5.74, 6) is -0.203. The summed E-state index contributed by atoms with van der Waals surface area (Å²) in [6.45, 7) is 2.46. The van der Waals surface area contributed by atoms with E-state index in [1.165, 1.54) is 19.1 Å². The van der Waals surface area contributed by atoms with Crippen LogP contribution in [0.2, 0.25) is 0 Å². The summed E-state index contributed by atoms with van der Waals surface area (Å²) >= 11 is 0. The minimum atomic E-state index is -2.56. The lowest BCUT2D eigenvalue weighted by molar-refractivity contribution is 0.0812. The Morgan fingerprint density at radius 3 is 2.50 bits per heavy atom. The van der Waals surface area contributed by atoms with E-state index in [0.717, 1.165) is 0 Å². The average molecular weight is 233 g/mol. The van der Waals surface area contributed by atoms with Crippen LogP contribution >= 0.6 is 0 Å². The molecule has 5 heteroatoms. The van der Waals surface area contributed by atoms with E-state index in [2.05, 4.69) is 0 Å².